The van der Waals surface area contributed by atoms with Crippen LogP contribution in [-0.4, -0.2) is 22.6 Å². The Balaban J connectivity index is 2.85. The van der Waals surface area contributed by atoms with Gasteiger partial charge in [0.25, 0.3) is 0 Å². The zero-order chi connectivity index (χ0) is 12.0. The van der Waals surface area contributed by atoms with E-state index in [1.165, 1.54) is 0 Å². The molecule has 1 atom stereocenters. The molecule has 0 amide bonds. The molecule has 16 heavy (non-hydrogen) atoms. The number of pyridine rings is 1. The number of unbranched alkanes of at least 4 members (excludes halogenated alkanes) is 1. The molecule has 0 radical (unpaired) electrons. The first-order valence-corrected chi connectivity index (χ1v) is 5.50. The average Bonchev–Trinajstić information content (AvgIpc) is 2.30. The van der Waals surface area contributed by atoms with Crippen LogP contribution in [0.1, 0.15) is 32.3 Å². The van der Waals surface area contributed by atoms with Crippen molar-refractivity contribution >= 4 is 5.97 Å². The molecule has 4 heteroatoms. The van der Waals surface area contributed by atoms with Crippen molar-refractivity contribution in [2.45, 2.75) is 32.2 Å². The molecule has 4 nitrogen and oxygen atoms in total. The Morgan fingerprint density at radius 3 is 2.88 bits per heavy atom. The van der Waals surface area contributed by atoms with Crippen molar-refractivity contribution in [2.75, 3.05) is 6.54 Å². The van der Waals surface area contributed by atoms with E-state index in [2.05, 4.69) is 17.2 Å². The Labute approximate surface area is 95.7 Å². The second-order valence-electron chi connectivity index (χ2n) is 3.95. The molecule has 0 saturated heterocycles. The Kier molecular flexibility index (Phi) is 4.43. The van der Waals surface area contributed by atoms with Gasteiger partial charge < -0.3 is 5.11 Å². The second kappa shape index (κ2) is 5.61. The highest BCUT2D eigenvalue weighted by Crippen LogP contribution is 2.19. The van der Waals surface area contributed by atoms with Gasteiger partial charge in [0.1, 0.15) is 5.54 Å². The number of nitrogens with zero attached hydrogens (tertiary/aromatic N) is 1. The van der Waals surface area contributed by atoms with E-state index in [4.69, 9.17) is 0 Å². The molecule has 0 bridgehead atoms. The summed E-state index contributed by atoms with van der Waals surface area (Å²) in [7, 11) is 0. The van der Waals surface area contributed by atoms with Crippen LogP contribution >= 0.6 is 0 Å². The van der Waals surface area contributed by atoms with Gasteiger partial charge in [-0.2, -0.15) is 0 Å². The first kappa shape index (κ1) is 12.6. The highest BCUT2D eigenvalue weighted by molar-refractivity contribution is 5.80. The highest BCUT2D eigenvalue weighted by atomic mass is 16.4. The third kappa shape index (κ3) is 2.79. The van der Waals surface area contributed by atoms with Gasteiger partial charge in [0.2, 0.25) is 0 Å². The number of nitrogens with one attached hydrogen (secondary N) is 1. The van der Waals surface area contributed by atoms with Gasteiger partial charge >= 0.3 is 5.97 Å². The largest absolute Gasteiger partial charge is 0.480 e. The molecular formula is C12H18N2O2. The Morgan fingerprint density at radius 2 is 2.38 bits per heavy atom. The fraction of sp³-hybridized carbons (Fsp3) is 0.500. The maximum Gasteiger partial charge on any atom is 0.328 e. The van der Waals surface area contributed by atoms with Gasteiger partial charge in [0.05, 0.1) is 0 Å². The van der Waals surface area contributed by atoms with Crippen LogP contribution in [0, 0.1) is 0 Å². The molecular weight excluding hydrogens is 204 g/mol. The van der Waals surface area contributed by atoms with Crippen LogP contribution in [0.3, 0.4) is 0 Å². The van der Waals surface area contributed by atoms with E-state index in [0.717, 1.165) is 12.8 Å². The quantitative estimate of drug-likeness (QED) is 0.720. The smallest absolute Gasteiger partial charge is 0.328 e. The Bertz CT molecular complexity index is 340. The summed E-state index contributed by atoms with van der Waals surface area (Å²) in [6.07, 6.45) is 5.23. The topological polar surface area (TPSA) is 62.2 Å². The summed E-state index contributed by atoms with van der Waals surface area (Å²) in [6.45, 7) is 4.43. The minimum Gasteiger partial charge on any atom is -0.480 e. The molecule has 0 aliphatic carbocycles. The van der Waals surface area contributed by atoms with Crippen molar-refractivity contribution in [3.63, 3.8) is 0 Å². The molecule has 1 unspecified atom stereocenters. The van der Waals surface area contributed by atoms with Crippen molar-refractivity contribution in [1.29, 1.82) is 0 Å². The number of hydrogen-bond donors (Lipinski definition) is 2. The predicted octanol–water partition coefficient (Wildman–Crippen LogP) is 1.77. The highest BCUT2D eigenvalue weighted by Gasteiger charge is 2.34. The summed E-state index contributed by atoms with van der Waals surface area (Å²) in [6, 6.07) is 3.53. The molecule has 1 aromatic heterocycles. The summed E-state index contributed by atoms with van der Waals surface area (Å²) < 4.78 is 0. The Hall–Kier alpha value is -1.42. The van der Waals surface area contributed by atoms with Gasteiger partial charge in [-0.3, -0.25) is 10.3 Å². The summed E-state index contributed by atoms with van der Waals surface area (Å²) in [5, 5.41) is 12.4. The summed E-state index contributed by atoms with van der Waals surface area (Å²) in [5.41, 5.74) is -0.373. The van der Waals surface area contributed by atoms with Gasteiger partial charge in [-0.1, -0.05) is 19.4 Å². The number of aromatic nitrogens is 1. The molecule has 1 rings (SSSR count). The van der Waals surface area contributed by atoms with Crippen molar-refractivity contribution in [3.05, 3.63) is 30.1 Å². The first-order chi connectivity index (χ1) is 7.61. The SMILES string of the molecule is CCCCNC(C)(C(=O)O)c1cccnc1. The van der Waals surface area contributed by atoms with Crippen LogP contribution in [0.2, 0.25) is 0 Å². The van der Waals surface area contributed by atoms with E-state index in [9.17, 15) is 9.90 Å². The van der Waals surface area contributed by atoms with Crippen LogP contribution in [0.5, 0.6) is 0 Å². The average molecular weight is 222 g/mol. The third-order valence-electron chi connectivity index (χ3n) is 2.68. The lowest BCUT2D eigenvalue weighted by Crippen LogP contribution is -2.47. The molecule has 0 fully saturated rings. The van der Waals surface area contributed by atoms with Gasteiger partial charge in [0, 0.05) is 18.0 Å². The van der Waals surface area contributed by atoms with Gasteiger partial charge in [-0.05, 0) is 26.0 Å². The predicted molar refractivity (Wildman–Crippen MR) is 62.1 cm³/mol. The van der Waals surface area contributed by atoms with E-state index in [1.54, 1.807) is 31.5 Å². The molecule has 0 spiro atoms. The van der Waals surface area contributed by atoms with Crippen LogP contribution < -0.4 is 5.32 Å². The molecule has 1 heterocycles. The van der Waals surface area contributed by atoms with E-state index in [0.29, 0.717) is 12.1 Å². The van der Waals surface area contributed by atoms with E-state index in [1.807, 2.05) is 0 Å². The first-order valence-electron chi connectivity index (χ1n) is 5.50. The van der Waals surface area contributed by atoms with Crippen LogP contribution in [0.4, 0.5) is 0 Å². The minimum absolute atomic E-state index is 0.679. The fourth-order valence-corrected chi connectivity index (χ4v) is 1.47. The molecule has 88 valence electrons. The number of aliphatic carboxylic acids is 1. The third-order valence-corrected chi connectivity index (χ3v) is 2.68. The number of hydrogen-bond acceptors (Lipinski definition) is 3. The minimum atomic E-state index is -1.05. The van der Waals surface area contributed by atoms with Gasteiger partial charge in [-0.15, -0.1) is 0 Å². The van der Waals surface area contributed by atoms with Crippen LogP contribution in [-0.2, 0) is 10.3 Å². The zero-order valence-electron chi connectivity index (χ0n) is 9.73. The van der Waals surface area contributed by atoms with Crippen LogP contribution in [0.25, 0.3) is 0 Å². The van der Waals surface area contributed by atoms with Crippen LogP contribution in [0.15, 0.2) is 24.5 Å². The second-order valence-corrected chi connectivity index (χ2v) is 3.95. The molecule has 2 N–H and O–H groups in total. The maximum atomic E-state index is 11.3. The zero-order valence-corrected chi connectivity index (χ0v) is 9.73. The Morgan fingerprint density at radius 1 is 1.62 bits per heavy atom. The lowest BCUT2D eigenvalue weighted by Gasteiger charge is -2.26. The van der Waals surface area contributed by atoms with Crippen molar-refractivity contribution < 1.29 is 9.90 Å². The van der Waals surface area contributed by atoms with Gasteiger partial charge in [-0.25, -0.2) is 4.79 Å². The molecule has 0 aliphatic rings. The standard InChI is InChI=1S/C12H18N2O2/c1-3-4-8-14-12(2,11(15)16)10-6-5-7-13-9-10/h5-7,9,14H,3-4,8H2,1-2H3,(H,15,16). The molecule has 0 aliphatic heterocycles. The lowest BCUT2D eigenvalue weighted by molar-refractivity contribution is -0.144. The monoisotopic (exact) mass is 222 g/mol. The summed E-state index contributed by atoms with van der Waals surface area (Å²) in [5.74, 6) is -0.878. The van der Waals surface area contributed by atoms with Crippen molar-refractivity contribution in [2.24, 2.45) is 0 Å². The van der Waals surface area contributed by atoms with Crippen molar-refractivity contribution in [1.82, 2.24) is 10.3 Å². The normalized spacial score (nSPS) is 14.4. The number of rotatable bonds is 6. The van der Waals surface area contributed by atoms with Crippen molar-refractivity contribution in [3.8, 4) is 0 Å². The number of carboxylic acids is 1. The number of carboxylic acid groups (broad SMARTS) is 1. The fourth-order valence-electron chi connectivity index (χ4n) is 1.47. The summed E-state index contributed by atoms with van der Waals surface area (Å²) in [4.78, 5) is 15.3. The maximum absolute atomic E-state index is 11.3. The molecule has 1 aromatic rings. The van der Waals surface area contributed by atoms with E-state index < -0.39 is 11.5 Å². The molecule has 0 aromatic carbocycles. The van der Waals surface area contributed by atoms with Gasteiger partial charge in [0.15, 0.2) is 0 Å². The lowest BCUT2D eigenvalue weighted by atomic mass is 9.93. The van der Waals surface area contributed by atoms with E-state index in [-0.39, 0.29) is 0 Å². The van der Waals surface area contributed by atoms with E-state index >= 15 is 0 Å². The summed E-state index contributed by atoms with van der Waals surface area (Å²) >= 11 is 0. The molecule has 0 saturated carbocycles. The number of carbonyl (C=O) groups is 1.